The predicted octanol–water partition coefficient (Wildman–Crippen LogP) is 2.46. The Morgan fingerprint density at radius 2 is 1.04 bits per heavy atom. The van der Waals surface area contributed by atoms with Crippen LogP contribution >= 0.6 is 7.26 Å². The average molecular weight is 391 g/mol. The first kappa shape index (κ1) is 19.6. The molecule has 3 rings (SSSR count). The van der Waals surface area contributed by atoms with Gasteiger partial charge in [-0.15, -0.1) is 0 Å². The van der Waals surface area contributed by atoms with Gasteiger partial charge >= 0.3 is 167 Å². The van der Waals surface area contributed by atoms with Gasteiger partial charge in [0.25, 0.3) is 0 Å². The van der Waals surface area contributed by atoms with E-state index in [-0.39, 0.29) is 0 Å². The molecular formula is C24H29NPSi+. The molecule has 0 aliphatic rings. The molecule has 3 aromatic carbocycles. The third kappa shape index (κ3) is 4.76. The minimum atomic E-state index is -2.18. The van der Waals surface area contributed by atoms with Crippen molar-refractivity contribution in [3.05, 3.63) is 91.0 Å². The van der Waals surface area contributed by atoms with E-state index in [9.17, 15) is 0 Å². The van der Waals surface area contributed by atoms with Crippen LogP contribution in [0, 0.1) is 11.5 Å². The first-order valence-corrected chi connectivity index (χ1v) is 13.0. The van der Waals surface area contributed by atoms with Crippen LogP contribution in [0.5, 0.6) is 0 Å². The summed E-state index contributed by atoms with van der Waals surface area (Å²) in [5.74, 6) is 3.64. The van der Waals surface area contributed by atoms with Gasteiger partial charge in [0, 0.05) is 0 Å². The summed E-state index contributed by atoms with van der Waals surface area (Å²) in [6, 6.07) is 33.1. The molecule has 0 radical (unpaired) electrons. The number of hydrogen-bond acceptors (Lipinski definition) is 0. The molecule has 0 fully saturated rings. The second-order valence-corrected chi connectivity index (χ2v) is 14.4. The van der Waals surface area contributed by atoms with Crippen LogP contribution in [0.15, 0.2) is 91.0 Å². The molecule has 0 aliphatic heterocycles. The first-order chi connectivity index (χ1) is 13.0. The third-order valence-electron chi connectivity index (χ3n) is 4.83. The zero-order valence-electron chi connectivity index (χ0n) is 16.5. The Morgan fingerprint density at radius 3 is 1.37 bits per heavy atom. The van der Waals surface area contributed by atoms with E-state index in [1.54, 1.807) is 0 Å². The Labute approximate surface area is 166 Å². The maximum absolute atomic E-state index is 3.64. The Morgan fingerprint density at radius 1 is 0.667 bits per heavy atom. The van der Waals surface area contributed by atoms with Gasteiger partial charge in [-0.2, -0.15) is 0 Å². The van der Waals surface area contributed by atoms with Gasteiger partial charge in [0.2, 0.25) is 0 Å². The normalized spacial score (nSPS) is 12.6. The molecule has 0 heterocycles. The van der Waals surface area contributed by atoms with Gasteiger partial charge in [-0.1, -0.05) is 0 Å². The number of hydrogen-bond donors (Lipinski definition) is 0. The van der Waals surface area contributed by atoms with Crippen molar-refractivity contribution >= 4 is 32.9 Å². The molecule has 0 bridgehead atoms. The molecule has 0 saturated heterocycles. The Balaban J connectivity index is 2.17. The second kappa shape index (κ2) is 8.68. The van der Waals surface area contributed by atoms with E-state index in [0.29, 0.717) is 0 Å². The first-order valence-electron chi connectivity index (χ1n) is 9.45. The molecule has 0 aromatic heterocycles. The predicted molar refractivity (Wildman–Crippen MR) is 126 cm³/mol. The standard InChI is InChI=1S/C24H29NPSi/c1-25(2,3)27-21-13-20-26(22-14-7-4-8-15-22,23-16-9-5-10-17-23)24-18-11-6-12-19-24/h4-12,14-19,26H,20,27H2,1-3H3/q+1. The van der Waals surface area contributed by atoms with Gasteiger partial charge in [-0.25, -0.2) is 0 Å². The fourth-order valence-corrected chi connectivity index (χ4v) is 8.71. The second-order valence-electron chi connectivity index (χ2n) is 7.98. The molecule has 0 aliphatic carbocycles. The summed E-state index contributed by atoms with van der Waals surface area (Å²) in [6.45, 7) is 0. The molecule has 0 saturated carbocycles. The molecule has 1 nitrogen and oxygen atoms in total. The van der Waals surface area contributed by atoms with Crippen molar-refractivity contribution in [2.24, 2.45) is 0 Å². The van der Waals surface area contributed by atoms with Gasteiger partial charge in [-0.05, 0) is 0 Å². The molecular weight excluding hydrogens is 361 g/mol. The van der Waals surface area contributed by atoms with Crippen LogP contribution in [0.2, 0.25) is 0 Å². The topological polar surface area (TPSA) is 0 Å². The van der Waals surface area contributed by atoms with Crippen LogP contribution in [-0.2, 0) is 0 Å². The van der Waals surface area contributed by atoms with E-state index in [1.165, 1.54) is 15.9 Å². The average Bonchev–Trinajstić information content (AvgIpc) is 2.70. The van der Waals surface area contributed by atoms with Crippen molar-refractivity contribution in [1.29, 1.82) is 0 Å². The summed E-state index contributed by atoms with van der Waals surface area (Å²) in [4.78, 5) is 0. The molecule has 3 heteroatoms. The van der Waals surface area contributed by atoms with Crippen LogP contribution < -0.4 is 15.9 Å². The Hall–Kier alpha value is -2.17. The Kier molecular flexibility index (Phi) is 6.29. The van der Waals surface area contributed by atoms with Crippen molar-refractivity contribution in [2.45, 2.75) is 0 Å². The number of rotatable bonds is 5. The van der Waals surface area contributed by atoms with Crippen molar-refractivity contribution in [3.8, 4) is 11.5 Å². The fraction of sp³-hybridized carbons (Fsp3) is 0.167. The third-order valence-corrected chi connectivity index (χ3v) is 10.9. The van der Waals surface area contributed by atoms with E-state index in [0.717, 1.165) is 10.3 Å². The molecule has 0 amide bonds. The van der Waals surface area contributed by atoms with Crippen LogP contribution in [0.3, 0.4) is 0 Å². The van der Waals surface area contributed by atoms with E-state index < -0.39 is 16.9 Å². The van der Waals surface area contributed by atoms with Crippen LogP contribution in [0.25, 0.3) is 0 Å². The number of quaternary nitrogens is 1. The van der Waals surface area contributed by atoms with Crippen molar-refractivity contribution < 1.29 is 4.15 Å². The van der Waals surface area contributed by atoms with Gasteiger partial charge in [0.05, 0.1) is 0 Å². The molecule has 27 heavy (non-hydrogen) atoms. The van der Waals surface area contributed by atoms with Crippen molar-refractivity contribution in [1.82, 2.24) is 0 Å². The van der Waals surface area contributed by atoms with Gasteiger partial charge in [-0.3, -0.25) is 0 Å². The summed E-state index contributed by atoms with van der Waals surface area (Å²) in [6.07, 6.45) is 0.929. The number of nitrogens with zero attached hydrogens (tertiary/aromatic N) is 1. The van der Waals surface area contributed by atoms with Crippen LogP contribution in [0.4, 0.5) is 0 Å². The van der Waals surface area contributed by atoms with E-state index in [1.807, 2.05) is 0 Å². The SMILES string of the molecule is C[N+](C)(C)[SiH2]C#CC[PH](c1ccccc1)(c1ccccc1)c1ccccc1. The van der Waals surface area contributed by atoms with E-state index >= 15 is 0 Å². The van der Waals surface area contributed by atoms with Gasteiger partial charge in [0.15, 0.2) is 0 Å². The quantitative estimate of drug-likeness (QED) is 0.357. The molecule has 0 atom stereocenters. The zero-order chi connectivity index (χ0) is 19.2. The van der Waals surface area contributed by atoms with Crippen LogP contribution in [-0.4, -0.2) is 41.1 Å². The van der Waals surface area contributed by atoms with Crippen molar-refractivity contribution in [3.63, 3.8) is 0 Å². The fourth-order valence-electron chi connectivity index (χ4n) is 3.46. The molecule has 0 unspecified atom stereocenters. The molecule has 3 aromatic rings. The zero-order valence-corrected chi connectivity index (χ0v) is 18.9. The van der Waals surface area contributed by atoms with Gasteiger partial charge < -0.3 is 0 Å². The monoisotopic (exact) mass is 390 g/mol. The minimum absolute atomic E-state index is 0.460. The molecule has 138 valence electrons. The van der Waals surface area contributed by atoms with Gasteiger partial charge in [0.1, 0.15) is 0 Å². The molecule has 0 N–H and O–H groups in total. The Bertz CT molecular complexity index is 810. The maximum atomic E-state index is 3.64. The van der Waals surface area contributed by atoms with E-state index in [2.05, 4.69) is 124 Å². The van der Waals surface area contributed by atoms with Crippen molar-refractivity contribution in [2.75, 3.05) is 27.3 Å². The summed E-state index contributed by atoms with van der Waals surface area (Å²) >= 11 is 0. The van der Waals surface area contributed by atoms with Crippen LogP contribution in [0.1, 0.15) is 0 Å². The summed E-state index contributed by atoms with van der Waals surface area (Å²) < 4.78 is 1.00. The number of benzene rings is 3. The summed E-state index contributed by atoms with van der Waals surface area (Å²) in [7, 11) is 4.10. The van der Waals surface area contributed by atoms with E-state index in [4.69, 9.17) is 0 Å². The summed E-state index contributed by atoms with van der Waals surface area (Å²) in [5, 5.41) is 4.30. The summed E-state index contributed by atoms with van der Waals surface area (Å²) in [5.41, 5.74) is 3.59. The molecule has 0 spiro atoms.